The Morgan fingerprint density at radius 1 is 1.16 bits per heavy atom. The van der Waals surface area contributed by atoms with Crippen molar-refractivity contribution in [2.45, 2.75) is 25.2 Å². The number of aromatic hydroxyl groups is 1. The second-order valence-corrected chi connectivity index (χ2v) is 7.18. The van der Waals surface area contributed by atoms with Gasteiger partial charge in [-0.15, -0.1) is 11.3 Å². The lowest BCUT2D eigenvalue weighted by atomic mass is 9.89. The third-order valence-corrected chi connectivity index (χ3v) is 5.45. The first-order valence-corrected chi connectivity index (χ1v) is 9.40. The van der Waals surface area contributed by atoms with Crippen molar-refractivity contribution in [3.63, 3.8) is 0 Å². The van der Waals surface area contributed by atoms with Gasteiger partial charge in [-0.05, 0) is 47.9 Å². The summed E-state index contributed by atoms with van der Waals surface area (Å²) >= 11 is 1.39. The number of hydrogen-bond acceptors (Lipinski definition) is 4. The summed E-state index contributed by atoms with van der Waals surface area (Å²) in [5.41, 5.74) is 1.22. The Morgan fingerprint density at radius 2 is 1.88 bits per heavy atom. The van der Waals surface area contributed by atoms with E-state index in [1.165, 1.54) is 16.9 Å². The first-order chi connectivity index (χ1) is 12.1. The minimum absolute atomic E-state index is 0.0932. The molecule has 1 aliphatic heterocycles. The van der Waals surface area contributed by atoms with E-state index in [0.717, 1.165) is 25.9 Å². The number of thiophene rings is 1. The van der Waals surface area contributed by atoms with Gasteiger partial charge >= 0.3 is 0 Å². The Bertz CT molecular complexity index is 705. The van der Waals surface area contributed by atoms with E-state index in [4.69, 9.17) is 0 Å². The molecule has 0 unspecified atom stereocenters. The van der Waals surface area contributed by atoms with E-state index in [0.29, 0.717) is 23.8 Å². The number of phenolic OH excluding ortho intramolecular Hbond substituents is 1. The molecule has 1 saturated heterocycles. The SMILES string of the molecule is O=C(NCCC(=O)N1CCC(c2ccc(O)cc2)CC1)c1cccs1. The van der Waals surface area contributed by atoms with Gasteiger partial charge in [-0.3, -0.25) is 9.59 Å². The number of hydrogen-bond donors (Lipinski definition) is 2. The Balaban J connectivity index is 1.41. The van der Waals surface area contributed by atoms with Gasteiger partial charge in [0.05, 0.1) is 4.88 Å². The summed E-state index contributed by atoms with van der Waals surface area (Å²) in [6, 6.07) is 10.9. The molecular weight excluding hydrogens is 336 g/mol. The van der Waals surface area contributed by atoms with E-state index in [1.807, 2.05) is 28.5 Å². The van der Waals surface area contributed by atoms with Crippen molar-refractivity contribution in [3.05, 3.63) is 52.2 Å². The molecule has 1 aromatic carbocycles. The second kappa shape index (κ2) is 8.16. The molecule has 0 saturated carbocycles. The van der Waals surface area contributed by atoms with Crippen molar-refractivity contribution in [2.24, 2.45) is 0 Å². The molecule has 3 rings (SSSR count). The van der Waals surface area contributed by atoms with Gasteiger partial charge in [-0.1, -0.05) is 18.2 Å². The maximum absolute atomic E-state index is 12.3. The first kappa shape index (κ1) is 17.5. The van der Waals surface area contributed by atoms with Gasteiger partial charge in [0.15, 0.2) is 0 Å². The van der Waals surface area contributed by atoms with Gasteiger partial charge in [0.2, 0.25) is 5.91 Å². The minimum atomic E-state index is -0.117. The van der Waals surface area contributed by atoms with Crippen molar-refractivity contribution in [1.29, 1.82) is 0 Å². The number of benzene rings is 1. The molecule has 0 aliphatic carbocycles. The number of nitrogens with zero attached hydrogens (tertiary/aromatic N) is 1. The lowest BCUT2D eigenvalue weighted by molar-refractivity contribution is -0.132. The smallest absolute Gasteiger partial charge is 0.261 e. The lowest BCUT2D eigenvalue weighted by Crippen LogP contribution is -2.39. The van der Waals surface area contributed by atoms with Crippen LogP contribution in [0, 0.1) is 0 Å². The largest absolute Gasteiger partial charge is 0.508 e. The van der Waals surface area contributed by atoms with Crippen molar-refractivity contribution in [3.8, 4) is 5.75 Å². The van der Waals surface area contributed by atoms with Crippen molar-refractivity contribution in [2.75, 3.05) is 19.6 Å². The Hall–Kier alpha value is -2.34. The summed E-state index contributed by atoms with van der Waals surface area (Å²) in [6.07, 6.45) is 2.19. The fraction of sp³-hybridized carbons (Fsp3) is 0.368. The molecule has 1 aromatic heterocycles. The molecule has 2 N–H and O–H groups in total. The van der Waals surface area contributed by atoms with Crippen LogP contribution in [0.1, 0.15) is 40.4 Å². The molecule has 2 heterocycles. The Morgan fingerprint density at radius 3 is 2.52 bits per heavy atom. The van der Waals surface area contributed by atoms with E-state index >= 15 is 0 Å². The zero-order chi connectivity index (χ0) is 17.6. The maximum Gasteiger partial charge on any atom is 0.261 e. The van der Waals surface area contributed by atoms with Gasteiger partial charge in [0.25, 0.3) is 5.91 Å². The molecule has 0 bridgehead atoms. The third-order valence-electron chi connectivity index (χ3n) is 4.58. The summed E-state index contributed by atoms with van der Waals surface area (Å²) < 4.78 is 0. The molecule has 132 valence electrons. The quantitative estimate of drug-likeness (QED) is 0.863. The molecule has 0 atom stereocenters. The van der Waals surface area contributed by atoms with Crippen LogP contribution in [-0.4, -0.2) is 41.5 Å². The van der Waals surface area contributed by atoms with E-state index in [-0.39, 0.29) is 17.6 Å². The average Bonchev–Trinajstić information content (AvgIpc) is 3.17. The van der Waals surface area contributed by atoms with Crippen LogP contribution in [0.4, 0.5) is 0 Å². The summed E-state index contributed by atoms with van der Waals surface area (Å²) in [5, 5.41) is 14.0. The summed E-state index contributed by atoms with van der Waals surface area (Å²) in [6.45, 7) is 1.85. The van der Waals surface area contributed by atoms with Gasteiger partial charge in [0.1, 0.15) is 5.75 Å². The molecule has 5 nitrogen and oxygen atoms in total. The Kier molecular flexibility index (Phi) is 5.71. The van der Waals surface area contributed by atoms with Crippen molar-refractivity contribution >= 4 is 23.2 Å². The van der Waals surface area contributed by atoms with Gasteiger partial charge < -0.3 is 15.3 Å². The fourth-order valence-electron chi connectivity index (χ4n) is 3.14. The molecule has 1 aliphatic rings. The zero-order valence-corrected chi connectivity index (χ0v) is 14.8. The van der Waals surface area contributed by atoms with Crippen LogP contribution >= 0.6 is 11.3 Å². The van der Waals surface area contributed by atoms with Crippen LogP contribution in [0.15, 0.2) is 41.8 Å². The van der Waals surface area contributed by atoms with Crippen LogP contribution < -0.4 is 5.32 Å². The van der Waals surface area contributed by atoms with Crippen LogP contribution in [-0.2, 0) is 4.79 Å². The highest BCUT2D eigenvalue weighted by atomic mass is 32.1. The predicted octanol–water partition coefficient (Wildman–Crippen LogP) is 2.98. The molecular formula is C19H22N2O3S. The molecule has 25 heavy (non-hydrogen) atoms. The lowest BCUT2D eigenvalue weighted by Gasteiger charge is -2.32. The molecule has 1 fully saturated rings. The topological polar surface area (TPSA) is 69.6 Å². The highest BCUT2D eigenvalue weighted by Gasteiger charge is 2.23. The number of likely N-dealkylation sites (tertiary alicyclic amines) is 1. The molecule has 2 amide bonds. The molecule has 2 aromatic rings. The summed E-state index contributed by atoms with van der Waals surface area (Å²) in [5.74, 6) is 0.689. The number of rotatable bonds is 5. The van der Waals surface area contributed by atoms with Crippen molar-refractivity contribution in [1.82, 2.24) is 10.2 Å². The van der Waals surface area contributed by atoms with Crippen LogP contribution in [0.5, 0.6) is 5.75 Å². The van der Waals surface area contributed by atoms with E-state index < -0.39 is 0 Å². The number of carbonyl (C=O) groups is 2. The fourth-order valence-corrected chi connectivity index (χ4v) is 3.78. The van der Waals surface area contributed by atoms with Gasteiger partial charge in [-0.25, -0.2) is 0 Å². The third kappa shape index (κ3) is 4.60. The van der Waals surface area contributed by atoms with Crippen molar-refractivity contribution < 1.29 is 14.7 Å². The number of piperidine rings is 1. The summed E-state index contributed by atoms with van der Waals surface area (Å²) in [7, 11) is 0. The average molecular weight is 358 g/mol. The Labute approximate surface area is 151 Å². The number of carbonyl (C=O) groups excluding carboxylic acids is 2. The van der Waals surface area contributed by atoms with Gasteiger partial charge in [0, 0.05) is 26.1 Å². The van der Waals surface area contributed by atoms with E-state index in [9.17, 15) is 14.7 Å². The van der Waals surface area contributed by atoms with Crippen LogP contribution in [0.25, 0.3) is 0 Å². The van der Waals surface area contributed by atoms with E-state index in [1.54, 1.807) is 18.2 Å². The predicted molar refractivity (Wildman–Crippen MR) is 97.9 cm³/mol. The minimum Gasteiger partial charge on any atom is -0.508 e. The standard InChI is InChI=1S/C19H22N2O3S/c22-16-5-3-14(4-6-16)15-8-11-21(12-9-15)18(23)7-10-20-19(24)17-2-1-13-25-17/h1-6,13,15,22H,7-12H2,(H,20,24). The monoisotopic (exact) mass is 358 g/mol. The highest BCUT2D eigenvalue weighted by Crippen LogP contribution is 2.29. The second-order valence-electron chi connectivity index (χ2n) is 6.23. The maximum atomic E-state index is 12.3. The number of nitrogens with one attached hydrogen (secondary N) is 1. The number of phenols is 1. The molecule has 0 spiro atoms. The molecule has 6 heteroatoms. The summed E-state index contributed by atoms with van der Waals surface area (Å²) in [4.78, 5) is 26.7. The highest BCUT2D eigenvalue weighted by molar-refractivity contribution is 7.12. The van der Waals surface area contributed by atoms with Crippen LogP contribution in [0.2, 0.25) is 0 Å². The van der Waals surface area contributed by atoms with Crippen LogP contribution in [0.3, 0.4) is 0 Å². The normalized spacial score (nSPS) is 15.1. The van der Waals surface area contributed by atoms with E-state index in [2.05, 4.69) is 5.32 Å². The first-order valence-electron chi connectivity index (χ1n) is 8.52. The number of amides is 2. The molecule has 0 radical (unpaired) electrons. The zero-order valence-electron chi connectivity index (χ0n) is 14.0. The van der Waals surface area contributed by atoms with Gasteiger partial charge in [-0.2, -0.15) is 0 Å².